The highest BCUT2D eigenvalue weighted by atomic mass is 16.6. The van der Waals surface area contributed by atoms with Crippen LogP contribution in [0, 0.1) is 0 Å². The molecule has 1 aliphatic heterocycles. The number of carbonyl (C=O) groups excluding carboxylic acids is 1. The second-order valence-electron chi connectivity index (χ2n) is 4.78. The van der Waals surface area contributed by atoms with Crippen molar-refractivity contribution < 1.29 is 33.2 Å². The fraction of sp³-hybridized carbons (Fsp3) is 0.929. The minimum absolute atomic E-state index is 0.104. The zero-order valence-corrected chi connectivity index (χ0v) is 13.4. The molecule has 1 fully saturated rings. The van der Waals surface area contributed by atoms with E-state index in [1.54, 1.807) is 21.3 Å². The van der Waals surface area contributed by atoms with Crippen LogP contribution in [0.3, 0.4) is 0 Å². The van der Waals surface area contributed by atoms with Gasteiger partial charge >= 0.3 is 5.97 Å². The van der Waals surface area contributed by atoms with E-state index < -0.39 is 12.2 Å². The molecule has 7 nitrogen and oxygen atoms in total. The van der Waals surface area contributed by atoms with Crippen molar-refractivity contribution in [1.82, 2.24) is 0 Å². The molecule has 0 amide bonds. The Bertz CT molecular complexity index is 310. The van der Waals surface area contributed by atoms with Crippen LogP contribution < -0.4 is 0 Å². The Balaban J connectivity index is 2.83. The van der Waals surface area contributed by atoms with Gasteiger partial charge in [0.2, 0.25) is 0 Å². The molecule has 5 atom stereocenters. The summed E-state index contributed by atoms with van der Waals surface area (Å²) in [6.45, 7) is 4.33. The predicted octanol–water partition coefficient (Wildman–Crippen LogP) is 0.398. The van der Waals surface area contributed by atoms with Gasteiger partial charge in [-0.3, -0.25) is 4.79 Å². The Morgan fingerprint density at radius 2 is 1.48 bits per heavy atom. The van der Waals surface area contributed by atoms with E-state index in [9.17, 15) is 4.79 Å². The number of esters is 1. The molecule has 5 unspecified atom stereocenters. The van der Waals surface area contributed by atoms with Crippen LogP contribution in [-0.4, -0.2) is 77.6 Å². The fourth-order valence-electron chi connectivity index (χ4n) is 2.53. The maximum absolute atomic E-state index is 11.0. The molecular formula is C14H26O7. The van der Waals surface area contributed by atoms with Gasteiger partial charge in [0.25, 0.3) is 0 Å². The summed E-state index contributed by atoms with van der Waals surface area (Å²) in [5, 5.41) is 0. The van der Waals surface area contributed by atoms with E-state index in [-0.39, 0.29) is 30.9 Å². The van der Waals surface area contributed by atoms with Gasteiger partial charge in [0, 0.05) is 34.9 Å². The normalized spacial score (nSPS) is 32.9. The van der Waals surface area contributed by atoms with E-state index in [0.717, 1.165) is 0 Å². The molecule has 1 aliphatic rings. The topological polar surface area (TPSA) is 72.5 Å². The van der Waals surface area contributed by atoms with Crippen LogP contribution >= 0.6 is 0 Å². The van der Waals surface area contributed by atoms with Gasteiger partial charge < -0.3 is 28.4 Å². The lowest BCUT2D eigenvalue weighted by Crippen LogP contribution is -2.61. The minimum atomic E-state index is -0.430. The van der Waals surface area contributed by atoms with Gasteiger partial charge in [-0.2, -0.15) is 0 Å². The molecular weight excluding hydrogens is 280 g/mol. The van der Waals surface area contributed by atoms with Crippen molar-refractivity contribution in [2.75, 3.05) is 41.2 Å². The highest BCUT2D eigenvalue weighted by molar-refractivity contribution is 5.65. The molecule has 0 radical (unpaired) electrons. The van der Waals surface area contributed by atoms with Gasteiger partial charge in [0.1, 0.15) is 37.1 Å². The van der Waals surface area contributed by atoms with Crippen molar-refractivity contribution in [3.05, 3.63) is 0 Å². The van der Waals surface area contributed by atoms with Crippen molar-refractivity contribution in [2.45, 2.75) is 44.4 Å². The predicted molar refractivity (Wildman–Crippen MR) is 74.2 cm³/mol. The molecule has 0 spiro atoms. The van der Waals surface area contributed by atoms with E-state index in [1.807, 2.05) is 6.92 Å². The largest absolute Gasteiger partial charge is 0.463 e. The fourth-order valence-corrected chi connectivity index (χ4v) is 2.53. The number of rotatable bonds is 8. The zero-order chi connectivity index (χ0) is 15.8. The summed E-state index contributed by atoms with van der Waals surface area (Å²) in [4.78, 5) is 11.0. The Morgan fingerprint density at radius 3 is 1.90 bits per heavy atom. The quantitative estimate of drug-likeness (QED) is 0.601. The summed E-state index contributed by atoms with van der Waals surface area (Å²) in [7, 11) is 4.75. The number of hydrogen-bond acceptors (Lipinski definition) is 7. The zero-order valence-electron chi connectivity index (χ0n) is 13.4. The van der Waals surface area contributed by atoms with Gasteiger partial charge in [-0.05, 0) is 6.92 Å². The molecule has 1 heterocycles. The maximum atomic E-state index is 11.0. The molecule has 0 aliphatic carbocycles. The number of methoxy groups -OCH3 is 3. The van der Waals surface area contributed by atoms with E-state index in [2.05, 4.69) is 0 Å². The smallest absolute Gasteiger partial charge is 0.302 e. The van der Waals surface area contributed by atoms with Crippen LogP contribution in [0.15, 0.2) is 0 Å². The van der Waals surface area contributed by atoms with Crippen LogP contribution in [-0.2, 0) is 33.2 Å². The Hall–Kier alpha value is -0.730. The first kappa shape index (κ1) is 18.3. The maximum Gasteiger partial charge on any atom is 0.302 e. The Morgan fingerprint density at radius 1 is 0.952 bits per heavy atom. The van der Waals surface area contributed by atoms with Gasteiger partial charge in [-0.25, -0.2) is 0 Å². The summed E-state index contributed by atoms with van der Waals surface area (Å²) < 4.78 is 32.9. The molecule has 124 valence electrons. The number of ether oxygens (including phenoxy) is 6. The molecule has 1 saturated heterocycles. The summed E-state index contributed by atoms with van der Waals surface area (Å²) in [6.07, 6.45) is -1.79. The van der Waals surface area contributed by atoms with E-state index in [0.29, 0.717) is 13.2 Å². The van der Waals surface area contributed by atoms with Crippen LogP contribution in [0.5, 0.6) is 0 Å². The van der Waals surface area contributed by atoms with Gasteiger partial charge in [-0.15, -0.1) is 0 Å². The van der Waals surface area contributed by atoms with Crippen LogP contribution in [0.25, 0.3) is 0 Å². The average molecular weight is 306 g/mol. The van der Waals surface area contributed by atoms with Crippen LogP contribution in [0.4, 0.5) is 0 Å². The van der Waals surface area contributed by atoms with Crippen molar-refractivity contribution in [1.29, 1.82) is 0 Å². The van der Waals surface area contributed by atoms with E-state index in [4.69, 9.17) is 28.4 Å². The van der Waals surface area contributed by atoms with Gasteiger partial charge in [0.15, 0.2) is 0 Å². The van der Waals surface area contributed by atoms with Crippen molar-refractivity contribution >= 4 is 5.97 Å². The molecule has 7 heteroatoms. The lowest BCUT2D eigenvalue weighted by Gasteiger charge is -2.44. The molecule has 0 aromatic heterocycles. The standard InChI is InChI=1S/C14H26O7/c1-6-19-7-10-12(16-3)14(18-5)13(17-4)11(21-10)8-20-9(2)15/h10-14H,6-8H2,1-5H3. The first-order chi connectivity index (χ1) is 10.1. The molecule has 1 rings (SSSR count). The Kier molecular flexibility index (Phi) is 8.13. The second-order valence-corrected chi connectivity index (χ2v) is 4.78. The Labute approximate surface area is 125 Å². The summed E-state index contributed by atoms with van der Waals surface area (Å²) >= 11 is 0. The third-order valence-corrected chi connectivity index (χ3v) is 3.48. The summed E-state index contributed by atoms with van der Waals surface area (Å²) in [5.41, 5.74) is 0. The van der Waals surface area contributed by atoms with E-state index >= 15 is 0 Å². The summed E-state index contributed by atoms with van der Waals surface area (Å²) in [6, 6.07) is 0. The van der Waals surface area contributed by atoms with Crippen molar-refractivity contribution in [3.63, 3.8) is 0 Å². The van der Waals surface area contributed by atoms with Crippen molar-refractivity contribution in [2.24, 2.45) is 0 Å². The van der Waals surface area contributed by atoms with Crippen LogP contribution in [0.1, 0.15) is 13.8 Å². The lowest BCUT2D eigenvalue weighted by molar-refractivity contribution is -0.257. The van der Waals surface area contributed by atoms with E-state index in [1.165, 1.54) is 6.92 Å². The molecule has 0 saturated carbocycles. The van der Waals surface area contributed by atoms with Gasteiger partial charge in [-0.1, -0.05) is 0 Å². The second kappa shape index (κ2) is 9.32. The van der Waals surface area contributed by atoms with Gasteiger partial charge in [0.05, 0.1) is 6.61 Å². The lowest BCUT2D eigenvalue weighted by atomic mass is 9.94. The molecule has 0 N–H and O–H groups in total. The number of hydrogen-bond donors (Lipinski definition) is 0. The van der Waals surface area contributed by atoms with Crippen LogP contribution in [0.2, 0.25) is 0 Å². The monoisotopic (exact) mass is 306 g/mol. The molecule has 0 bridgehead atoms. The molecule has 21 heavy (non-hydrogen) atoms. The molecule has 0 aromatic carbocycles. The third kappa shape index (κ3) is 4.89. The molecule has 0 aromatic rings. The minimum Gasteiger partial charge on any atom is -0.463 e. The first-order valence-corrected chi connectivity index (χ1v) is 7.03. The first-order valence-electron chi connectivity index (χ1n) is 7.03. The SMILES string of the molecule is CCOCC1OC(COC(C)=O)C(OC)C(OC)C1OC. The third-order valence-electron chi connectivity index (χ3n) is 3.48. The summed E-state index contributed by atoms with van der Waals surface area (Å²) in [5.74, 6) is -0.363. The van der Waals surface area contributed by atoms with Crippen molar-refractivity contribution in [3.8, 4) is 0 Å². The number of carbonyl (C=O) groups is 1. The average Bonchev–Trinajstić information content (AvgIpc) is 2.49. The highest BCUT2D eigenvalue weighted by Gasteiger charge is 2.47. The highest BCUT2D eigenvalue weighted by Crippen LogP contribution is 2.27.